The normalized spacial score (nSPS) is 10.5. The molecule has 5 nitrogen and oxygen atoms in total. The van der Waals surface area contributed by atoms with Gasteiger partial charge >= 0.3 is 0 Å². The first-order chi connectivity index (χ1) is 8.08. The van der Waals surface area contributed by atoms with Gasteiger partial charge in [-0.05, 0) is 19.1 Å². The van der Waals surface area contributed by atoms with E-state index in [9.17, 15) is 14.0 Å². The van der Waals surface area contributed by atoms with Gasteiger partial charge in [0.05, 0.1) is 17.3 Å². The number of anilines is 1. The van der Waals surface area contributed by atoms with E-state index in [2.05, 4.69) is 15.5 Å². The number of amides is 1. The minimum absolute atomic E-state index is 0.101. The summed E-state index contributed by atoms with van der Waals surface area (Å²) in [5.41, 5.74) is 0.489. The van der Waals surface area contributed by atoms with Crippen molar-refractivity contribution < 1.29 is 14.0 Å². The molecule has 0 saturated carbocycles. The summed E-state index contributed by atoms with van der Waals surface area (Å²) in [5, 5.41) is 9.00. The van der Waals surface area contributed by atoms with Crippen molar-refractivity contribution in [1.82, 2.24) is 10.2 Å². The van der Waals surface area contributed by atoms with Gasteiger partial charge in [-0.2, -0.15) is 5.10 Å². The number of rotatable bonds is 3. The maximum absolute atomic E-state index is 13.5. The highest BCUT2D eigenvalue weighted by molar-refractivity contribution is 6.06. The Bertz CT molecular complexity index is 591. The summed E-state index contributed by atoms with van der Waals surface area (Å²) in [6, 6.07) is 4.46. The number of carbonyl (C=O) groups is 2. The van der Waals surface area contributed by atoms with Crippen molar-refractivity contribution in [1.29, 1.82) is 0 Å². The van der Waals surface area contributed by atoms with Crippen LogP contribution in [0.2, 0.25) is 0 Å². The predicted molar refractivity (Wildman–Crippen MR) is 60.0 cm³/mol. The zero-order valence-electron chi connectivity index (χ0n) is 9.08. The molecule has 0 aliphatic carbocycles. The summed E-state index contributed by atoms with van der Waals surface area (Å²) in [5.74, 6) is -1.14. The number of aromatic nitrogens is 2. The molecular formula is C11H10FN3O2. The Hall–Kier alpha value is -2.24. The Morgan fingerprint density at radius 1 is 1.47 bits per heavy atom. The van der Waals surface area contributed by atoms with Crippen molar-refractivity contribution in [3.8, 4) is 0 Å². The van der Waals surface area contributed by atoms with Gasteiger partial charge in [-0.1, -0.05) is 6.07 Å². The van der Waals surface area contributed by atoms with E-state index in [1.54, 1.807) is 6.07 Å². The van der Waals surface area contributed by atoms with Gasteiger partial charge in [0.1, 0.15) is 11.6 Å². The average molecular weight is 235 g/mol. The SMILES string of the molecule is CC(=O)CC(=O)Nc1n[nH]c2cccc(F)c12. The second kappa shape index (κ2) is 4.32. The molecule has 88 valence electrons. The molecule has 0 aliphatic rings. The topological polar surface area (TPSA) is 74.8 Å². The Balaban J connectivity index is 2.30. The van der Waals surface area contributed by atoms with Crippen LogP contribution in [0.1, 0.15) is 13.3 Å². The van der Waals surface area contributed by atoms with E-state index in [0.717, 1.165) is 0 Å². The van der Waals surface area contributed by atoms with Gasteiger partial charge in [0.2, 0.25) is 5.91 Å². The second-order valence-electron chi connectivity index (χ2n) is 3.66. The van der Waals surface area contributed by atoms with Crippen molar-refractivity contribution in [2.75, 3.05) is 5.32 Å². The van der Waals surface area contributed by atoms with Crippen LogP contribution >= 0.6 is 0 Å². The fourth-order valence-electron chi connectivity index (χ4n) is 1.52. The van der Waals surface area contributed by atoms with Crippen LogP contribution in [0.25, 0.3) is 10.9 Å². The number of fused-ring (bicyclic) bond motifs is 1. The van der Waals surface area contributed by atoms with Gasteiger partial charge in [-0.15, -0.1) is 0 Å². The third-order valence-electron chi connectivity index (χ3n) is 2.21. The maximum atomic E-state index is 13.5. The van der Waals surface area contributed by atoms with Crippen molar-refractivity contribution in [2.45, 2.75) is 13.3 Å². The molecule has 0 unspecified atom stereocenters. The second-order valence-corrected chi connectivity index (χ2v) is 3.66. The van der Waals surface area contributed by atoms with E-state index in [-0.39, 0.29) is 23.4 Å². The van der Waals surface area contributed by atoms with E-state index >= 15 is 0 Å². The van der Waals surface area contributed by atoms with Gasteiger partial charge in [0.25, 0.3) is 0 Å². The van der Waals surface area contributed by atoms with Gasteiger partial charge in [-0.25, -0.2) is 4.39 Å². The molecule has 0 fully saturated rings. The van der Waals surface area contributed by atoms with Crippen LogP contribution in [0, 0.1) is 5.82 Å². The van der Waals surface area contributed by atoms with Gasteiger partial charge in [0, 0.05) is 0 Å². The molecule has 0 saturated heterocycles. The van der Waals surface area contributed by atoms with Crippen LogP contribution in [0.5, 0.6) is 0 Å². The molecule has 0 radical (unpaired) electrons. The maximum Gasteiger partial charge on any atom is 0.233 e. The third-order valence-corrected chi connectivity index (χ3v) is 2.21. The molecular weight excluding hydrogens is 225 g/mol. The number of Topliss-reactive ketones (excluding diaryl/α,β-unsaturated/α-hetero) is 1. The quantitative estimate of drug-likeness (QED) is 0.794. The standard InChI is InChI=1S/C11H10FN3O2/c1-6(16)5-9(17)13-11-10-7(12)3-2-4-8(10)14-15-11/h2-4H,5H2,1H3,(H2,13,14,15,17). The number of halogens is 1. The lowest BCUT2D eigenvalue weighted by Gasteiger charge is -2.00. The Labute approximate surface area is 96.0 Å². The molecule has 1 aromatic heterocycles. The van der Waals surface area contributed by atoms with E-state index < -0.39 is 11.7 Å². The minimum Gasteiger partial charge on any atom is -0.308 e. The molecule has 1 amide bonds. The number of nitrogens with one attached hydrogen (secondary N) is 2. The van der Waals surface area contributed by atoms with Crippen LogP contribution in [-0.2, 0) is 9.59 Å². The van der Waals surface area contributed by atoms with Gasteiger partial charge < -0.3 is 5.32 Å². The van der Waals surface area contributed by atoms with Crippen molar-refractivity contribution >= 4 is 28.4 Å². The number of nitrogens with zero attached hydrogens (tertiary/aromatic N) is 1. The minimum atomic E-state index is -0.505. The summed E-state index contributed by atoms with van der Waals surface area (Å²) < 4.78 is 13.5. The molecule has 6 heteroatoms. The van der Waals surface area contributed by atoms with E-state index in [4.69, 9.17) is 0 Å². The summed E-state index contributed by atoms with van der Waals surface area (Å²) in [7, 11) is 0. The average Bonchev–Trinajstić information content (AvgIpc) is 2.61. The molecule has 2 N–H and O–H groups in total. The molecule has 2 aromatic rings. The fraction of sp³-hybridized carbons (Fsp3) is 0.182. The van der Waals surface area contributed by atoms with E-state index in [1.807, 2.05) is 0 Å². The highest BCUT2D eigenvalue weighted by Gasteiger charge is 2.13. The Morgan fingerprint density at radius 3 is 2.94 bits per heavy atom. The summed E-state index contributed by atoms with van der Waals surface area (Å²) >= 11 is 0. The van der Waals surface area contributed by atoms with Crippen LogP contribution in [0.4, 0.5) is 10.2 Å². The molecule has 17 heavy (non-hydrogen) atoms. The largest absolute Gasteiger partial charge is 0.308 e. The molecule has 1 heterocycles. The van der Waals surface area contributed by atoms with Crippen LogP contribution in [-0.4, -0.2) is 21.9 Å². The predicted octanol–water partition coefficient (Wildman–Crippen LogP) is 1.62. The smallest absolute Gasteiger partial charge is 0.233 e. The monoisotopic (exact) mass is 235 g/mol. The molecule has 1 aromatic carbocycles. The zero-order valence-corrected chi connectivity index (χ0v) is 9.08. The first kappa shape index (κ1) is 11.3. The fourth-order valence-corrected chi connectivity index (χ4v) is 1.52. The number of hydrogen-bond acceptors (Lipinski definition) is 3. The molecule has 0 spiro atoms. The number of carbonyl (C=O) groups excluding carboxylic acids is 2. The van der Waals surface area contributed by atoms with Crippen molar-refractivity contribution in [2.24, 2.45) is 0 Å². The van der Waals surface area contributed by atoms with Crippen LogP contribution in [0.15, 0.2) is 18.2 Å². The number of benzene rings is 1. The third kappa shape index (κ3) is 2.30. The summed E-state index contributed by atoms with van der Waals surface area (Å²) in [6.45, 7) is 1.31. The van der Waals surface area contributed by atoms with E-state index in [1.165, 1.54) is 19.1 Å². The molecule has 0 bridgehead atoms. The lowest BCUT2D eigenvalue weighted by atomic mass is 10.2. The van der Waals surface area contributed by atoms with Gasteiger partial charge in [0.15, 0.2) is 5.82 Å². The summed E-state index contributed by atoms with van der Waals surface area (Å²) in [6.07, 6.45) is -0.247. The van der Waals surface area contributed by atoms with Gasteiger partial charge in [-0.3, -0.25) is 14.7 Å². The zero-order chi connectivity index (χ0) is 12.4. The number of hydrogen-bond donors (Lipinski definition) is 2. The van der Waals surface area contributed by atoms with Crippen LogP contribution < -0.4 is 5.32 Å². The number of ketones is 1. The highest BCUT2D eigenvalue weighted by atomic mass is 19.1. The Morgan fingerprint density at radius 2 is 2.24 bits per heavy atom. The molecule has 0 aliphatic heterocycles. The van der Waals surface area contributed by atoms with Crippen LogP contribution in [0.3, 0.4) is 0 Å². The first-order valence-corrected chi connectivity index (χ1v) is 5.00. The number of aromatic amines is 1. The molecule has 0 atom stereocenters. The lowest BCUT2D eigenvalue weighted by molar-refractivity contribution is -0.124. The Kier molecular flexibility index (Phi) is 2.86. The van der Waals surface area contributed by atoms with Crippen molar-refractivity contribution in [3.63, 3.8) is 0 Å². The number of H-pyrrole nitrogens is 1. The summed E-state index contributed by atoms with van der Waals surface area (Å²) in [4.78, 5) is 22.1. The van der Waals surface area contributed by atoms with Crippen molar-refractivity contribution in [3.05, 3.63) is 24.0 Å². The first-order valence-electron chi connectivity index (χ1n) is 5.00. The molecule has 2 rings (SSSR count). The lowest BCUT2D eigenvalue weighted by Crippen LogP contribution is -2.15. The highest BCUT2D eigenvalue weighted by Crippen LogP contribution is 2.23. The van der Waals surface area contributed by atoms with E-state index in [0.29, 0.717) is 5.52 Å².